The van der Waals surface area contributed by atoms with E-state index in [0.29, 0.717) is 13.2 Å². The Balaban J connectivity index is 2.42. The topological polar surface area (TPSA) is 34.1 Å². The summed E-state index contributed by atoms with van der Waals surface area (Å²) >= 11 is 0. The first kappa shape index (κ1) is 10.9. The van der Waals surface area contributed by atoms with Crippen molar-refractivity contribution in [1.82, 2.24) is 10.3 Å². The zero-order chi connectivity index (χ0) is 10.2. The average Bonchev–Trinajstić information content (AvgIpc) is 2.21. The normalized spacial score (nSPS) is 10.1. The van der Waals surface area contributed by atoms with Crippen molar-refractivity contribution in [1.29, 1.82) is 0 Å². The predicted octanol–water partition coefficient (Wildman–Crippen LogP) is 1.50. The second kappa shape index (κ2) is 6.29. The Labute approximate surface area is 84.8 Å². The minimum atomic E-state index is 0.547. The van der Waals surface area contributed by atoms with Crippen LogP contribution in [0, 0.1) is 0 Å². The molecule has 3 heteroatoms. The van der Waals surface area contributed by atoms with Crippen LogP contribution in [-0.2, 0) is 17.9 Å². The molecule has 0 bridgehead atoms. The quantitative estimate of drug-likeness (QED) is 0.548. The van der Waals surface area contributed by atoms with Gasteiger partial charge in [0.05, 0.1) is 18.9 Å². The number of rotatable bonds is 6. The van der Waals surface area contributed by atoms with E-state index in [4.69, 9.17) is 4.74 Å². The minimum absolute atomic E-state index is 0.547. The third-order valence-corrected chi connectivity index (χ3v) is 1.75. The SMILES string of the molecule is C=CCOCc1ccc(CNC)cn1. The summed E-state index contributed by atoms with van der Waals surface area (Å²) < 4.78 is 5.27. The van der Waals surface area contributed by atoms with Crippen molar-refractivity contribution in [2.24, 2.45) is 0 Å². The fourth-order valence-electron chi connectivity index (χ4n) is 1.10. The van der Waals surface area contributed by atoms with E-state index < -0.39 is 0 Å². The largest absolute Gasteiger partial charge is 0.371 e. The molecule has 14 heavy (non-hydrogen) atoms. The molecule has 0 aliphatic rings. The Morgan fingerprint density at radius 2 is 2.43 bits per heavy atom. The molecule has 1 aromatic rings. The number of nitrogens with one attached hydrogen (secondary N) is 1. The second-order valence-corrected chi connectivity index (χ2v) is 2.99. The van der Waals surface area contributed by atoms with Crippen LogP contribution in [0.15, 0.2) is 31.0 Å². The molecule has 0 aliphatic carbocycles. The highest BCUT2D eigenvalue weighted by Crippen LogP contribution is 2.01. The summed E-state index contributed by atoms with van der Waals surface area (Å²) in [6.07, 6.45) is 3.60. The lowest BCUT2D eigenvalue weighted by Gasteiger charge is -2.02. The molecular weight excluding hydrogens is 176 g/mol. The molecule has 1 heterocycles. The molecule has 1 N–H and O–H groups in total. The fourth-order valence-corrected chi connectivity index (χ4v) is 1.10. The van der Waals surface area contributed by atoms with Gasteiger partial charge in [-0.2, -0.15) is 0 Å². The first-order chi connectivity index (χ1) is 6.86. The Hall–Kier alpha value is -1.19. The average molecular weight is 192 g/mol. The third kappa shape index (κ3) is 3.68. The summed E-state index contributed by atoms with van der Waals surface area (Å²) in [6.45, 7) is 5.54. The van der Waals surface area contributed by atoms with Gasteiger partial charge in [-0.3, -0.25) is 4.98 Å². The monoisotopic (exact) mass is 192 g/mol. The van der Waals surface area contributed by atoms with Crippen LogP contribution in [0.5, 0.6) is 0 Å². The maximum absolute atomic E-state index is 5.27. The molecule has 0 aliphatic heterocycles. The van der Waals surface area contributed by atoms with E-state index in [1.165, 1.54) is 5.56 Å². The molecule has 0 saturated heterocycles. The molecule has 0 fully saturated rings. The van der Waals surface area contributed by atoms with Crippen molar-refractivity contribution in [2.45, 2.75) is 13.2 Å². The molecule has 3 nitrogen and oxygen atoms in total. The smallest absolute Gasteiger partial charge is 0.0892 e. The van der Waals surface area contributed by atoms with E-state index in [1.54, 1.807) is 6.08 Å². The first-order valence-corrected chi connectivity index (χ1v) is 4.64. The molecule has 0 unspecified atom stereocenters. The van der Waals surface area contributed by atoms with Gasteiger partial charge in [0, 0.05) is 12.7 Å². The molecule has 76 valence electrons. The van der Waals surface area contributed by atoms with E-state index in [-0.39, 0.29) is 0 Å². The van der Waals surface area contributed by atoms with Crippen molar-refractivity contribution in [2.75, 3.05) is 13.7 Å². The number of pyridine rings is 1. The van der Waals surface area contributed by atoms with E-state index in [9.17, 15) is 0 Å². The number of hydrogen-bond acceptors (Lipinski definition) is 3. The van der Waals surface area contributed by atoms with Gasteiger partial charge >= 0.3 is 0 Å². The number of ether oxygens (including phenoxy) is 1. The summed E-state index contributed by atoms with van der Waals surface area (Å²) in [5.74, 6) is 0. The van der Waals surface area contributed by atoms with Gasteiger partial charge in [-0.25, -0.2) is 0 Å². The van der Waals surface area contributed by atoms with E-state index in [2.05, 4.69) is 22.9 Å². The standard InChI is InChI=1S/C11H16N2O/c1-3-6-14-9-11-5-4-10(7-12-2)8-13-11/h3-5,8,12H,1,6-7,9H2,2H3. The summed E-state index contributed by atoms with van der Waals surface area (Å²) in [5, 5.41) is 3.07. The van der Waals surface area contributed by atoms with E-state index >= 15 is 0 Å². The molecule has 0 saturated carbocycles. The van der Waals surface area contributed by atoms with Crippen LogP contribution in [0.3, 0.4) is 0 Å². The van der Waals surface area contributed by atoms with Gasteiger partial charge in [0.2, 0.25) is 0 Å². The first-order valence-electron chi connectivity index (χ1n) is 4.64. The molecule has 0 amide bonds. The molecular formula is C11H16N2O. The molecule has 0 spiro atoms. The fraction of sp³-hybridized carbons (Fsp3) is 0.364. The lowest BCUT2D eigenvalue weighted by Crippen LogP contribution is -2.05. The summed E-state index contributed by atoms with van der Waals surface area (Å²) in [4.78, 5) is 4.27. The Bertz CT molecular complexity index is 269. The van der Waals surface area contributed by atoms with Gasteiger partial charge in [0.1, 0.15) is 0 Å². The third-order valence-electron chi connectivity index (χ3n) is 1.75. The molecule has 1 rings (SSSR count). The molecule has 0 atom stereocenters. The van der Waals surface area contributed by atoms with Gasteiger partial charge in [-0.15, -0.1) is 6.58 Å². The minimum Gasteiger partial charge on any atom is -0.371 e. The van der Waals surface area contributed by atoms with Crippen LogP contribution >= 0.6 is 0 Å². The van der Waals surface area contributed by atoms with Crippen LogP contribution in [-0.4, -0.2) is 18.6 Å². The highest BCUT2D eigenvalue weighted by Gasteiger charge is 1.94. The number of nitrogens with zero attached hydrogens (tertiary/aromatic N) is 1. The van der Waals surface area contributed by atoms with Crippen molar-refractivity contribution in [3.8, 4) is 0 Å². The maximum Gasteiger partial charge on any atom is 0.0892 e. The van der Waals surface area contributed by atoms with Gasteiger partial charge in [-0.1, -0.05) is 12.1 Å². The van der Waals surface area contributed by atoms with Crippen LogP contribution in [0.4, 0.5) is 0 Å². The van der Waals surface area contributed by atoms with Crippen molar-refractivity contribution >= 4 is 0 Å². The highest BCUT2D eigenvalue weighted by atomic mass is 16.5. The van der Waals surface area contributed by atoms with Gasteiger partial charge < -0.3 is 10.1 Å². The lowest BCUT2D eigenvalue weighted by atomic mass is 10.2. The van der Waals surface area contributed by atoms with Crippen LogP contribution < -0.4 is 5.32 Å². The summed E-state index contributed by atoms with van der Waals surface area (Å²) in [7, 11) is 1.92. The molecule has 0 aromatic carbocycles. The lowest BCUT2D eigenvalue weighted by molar-refractivity contribution is 0.146. The van der Waals surface area contributed by atoms with Crippen LogP contribution in [0.2, 0.25) is 0 Å². The Morgan fingerprint density at radius 1 is 1.57 bits per heavy atom. The highest BCUT2D eigenvalue weighted by molar-refractivity contribution is 5.13. The van der Waals surface area contributed by atoms with Crippen LogP contribution in [0.25, 0.3) is 0 Å². The maximum atomic E-state index is 5.27. The van der Waals surface area contributed by atoms with Crippen molar-refractivity contribution in [3.63, 3.8) is 0 Å². The second-order valence-electron chi connectivity index (χ2n) is 2.99. The van der Waals surface area contributed by atoms with Crippen molar-refractivity contribution in [3.05, 3.63) is 42.2 Å². The Kier molecular flexibility index (Phi) is 4.89. The van der Waals surface area contributed by atoms with Crippen LogP contribution in [0.1, 0.15) is 11.3 Å². The van der Waals surface area contributed by atoms with Crippen molar-refractivity contribution < 1.29 is 4.74 Å². The van der Waals surface area contributed by atoms with Gasteiger partial charge in [0.25, 0.3) is 0 Å². The Morgan fingerprint density at radius 3 is 3.00 bits per heavy atom. The zero-order valence-corrected chi connectivity index (χ0v) is 8.49. The van der Waals surface area contributed by atoms with E-state index in [0.717, 1.165) is 12.2 Å². The predicted molar refractivity (Wildman–Crippen MR) is 56.9 cm³/mol. The molecule has 0 radical (unpaired) electrons. The number of aromatic nitrogens is 1. The van der Waals surface area contributed by atoms with Gasteiger partial charge in [0.15, 0.2) is 0 Å². The van der Waals surface area contributed by atoms with Gasteiger partial charge in [-0.05, 0) is 18.7 Å². The zero-order valence-electron chi connectivity index (χ0n) is 8.49. The summed E-state index contributed by atoms with van der Waals surface area (Å²) in [6, 6.07) is 4.03. The molecule has 1 aromatic heterocycles. The number of hydrogen-bond donors (Lipinski definition) is 1. The van der Waals surface area contributed by atoms with E-state index in [1.807, 2.05) is 19.3 Å². The summed E-state index contributed by atoms with van der Waals surface area (Å²) in [5.41, 5.74) is 2.13.